The van der Waals surface area contributed by atoms with Crippen LogP contribution in [0.2, 0.25) is 10.6 Å². The van der Waals surface area contributed by atoms with Crippen LogP contribution in [0.5, 0.6) is 0 Å². The molecule has 0 N–H and O–H groups in total. The molecule has 2 heteroatoms. The van der Waals surface area contributed by atoms with Gasteiger partial charge in [0.1, 0.15) is 0 Å². The zero-order valence-electron chi connectivity index (χ0n) is 9.09. The summed E-state index contributed by atoms with van der Waals surface area (Å²) in [4.78, 5) is 11.9. The fraction of sp³-hybridized carbons (Fsp3) is 0.909. The van der Waals surface area contributed by atoms with Crippen LogP contribution in [0.4, 0.5) is 0 Å². The Morgan fingerprint density at radius 3 is 2.46 bits per heavy atom. The Morgan fingerprint density at radius 1 is 1.38 bits per heavy atom. The molecule has 0 bridgehead atoms. The second-order valence-electron chi connectivity index (χ2n) is 5.03. The molecule has 0 saturated heterocycles. The van der Waals surface area contributed by atoms with Crippen molar-refractivity contribution in [2.24, 2.45) is 11.3 Å². The van der Waals surface area contributed by atoms with Crippen molar-refractivity contribution in [1.82, 2.24) is 0 Å². The average molecular weight is 247 g/mol. The first kappa shape index (κ1) is 11.3. The van der Waals surface area contributed by atoms with Crippen molar-refractivity contribution in [3.05, 3.63) is 0 Å². The molecular formula is C11H20OSe. The molecule has 0 aromatic carbocycles. The van der Waals surface area contributed by atoms with Gasteiger partial charge in [0.05, 0.1) is 0 Å². The zero-order valence-corrected chi connectivity index (χ0v) is 10.8. The van der Waals surface area contributed by atoms with E-state index in [1.165, 1.54) is 0 Å². The van der Waals surface area contributed by atoms with Gasteiger partial charge in [0.2, 0.25) is 0 Å². The topological polar surface area (TPSA) is 17.1 Å². The molecule has 1 nitrogen and oxygen atoms in total. The van der Waals surface area contributed by atoms with Crippen molar-refractivity contribution in [2.75, 3.05) is 0 Å². The summed E-state index contributed by atoms with van der Waals surface area (Å²) in [5, 5.41) is 0. The van der Waals surface area contributed by atoms with E-state index in [1.807, 2.05) is 0 Å². The standard InChI is InChI=1S/C11H20OSe/c1-11(2,3)8-5-6-9(12)10(7-8)13-4/h8,10H,5-7H2,1-4H3. The molecule has 0 amide bonds. The van der Waals surface area contributed by atoms with Gasteiger partial charge in [-0.05, 0) is 0 Å². The Labute approximate surface area is 87.8 Å². The second-order valence-corrected chi connectivity index (χ2v) is 7.21. The van der Waals surface area contributed by atoms with Gasteiger partial charge < -0.3 is 0 Å². The third kappa shape index (κ3) is 2.82. The van der Waals surface area contributed by atoms with E-state index in [1.54, 1.807) is 0 Å². The number of hydrogen-bond donors (Lipinski definition) is 0. The van der Waals surface area contributed by atoms with E-state index >= 15 is 0 Å². The summed E-state index contributed by atoms with van der Waals surface area (Å²) in [5.74, 6) is 3.49. The summed E-state index contributed by atoms with van der Waals surface area (Å²) in [6, 6.07) is 0. The number of ketones is 1. The molecule has 2 atom stereocenters. The average Bonchev–Trinajstić information content (AvgIpc) is 2.03. The van der Waals surface area contributed by atoms with Gasteiger partial charge in [0.15, 0.2) is 0 Å². The molecule has 1 rings (SSSR count). The third-order valence-corrected chi connectivity index (χ3v) is 5.26. The van der Waals surface area contributed by atoms with E-state index in [2.05, 4.69) is 26.6 Å². The van der Waals surface area contributed by atoms with Crippen LogP contribution in [0, 0.1) is 11.3 Å². The van der Waals surface area contributed by atoms with E-state index in [9.17, 15) is 4.79 Å². The summed E-state index contributed by atoms with van der Waals surface area (Å²) in [7, 11) is 0. The normalized spacial score (nSPS) is 30.6. The first-order valence-corrected chi connectivity index (χ1v) is 7.71. The molecule has 0 radical (unpaired) electrons. The van der Waals surface area contributed by atoms with Crippen LogP contribution in [0.1, 0.15) is 40.0 Å². The molecule has 2 unspecified atom stereocenters. The number of Topliss-reactive ketones (excluding diaryl/α,β-unsaturated/α-hetero) is 1. The van der Waals surface area contributed by atoms with Crippen LogP contribution in [0.3, 0.4) is 0 Å². The second kappa shape index (κ2) is 4.14. The Balaban J connectivity index is 2.60. The maximum absolute atomic E-state index is 11.5. The molecule has 0 aromatic heterocycles. The molecule has 0 spiro atoms. The maximum atomic E-state index is 11.5. The summed E-state index contributed by atoms with van der Waals surface area (Å²) < 4.78 is 0. The summed E-state index contributed by atoms with van der Waals surface area (Å²) in [5.41, 5.74) is 0.393. The number of carbonyl (C=O) groups is 1. The minimum absolute atomic E-state index is 0.393. The summed E-state index contributed by atoms with van der Waals surface area (Å²) in [6.45, 7) is 6.90. The Bertz CT molecular complexity index is 193. The van der Waals surface area contributed by atoms with E-state index in [-0.39, 0.29) is 0 Å². The molecule has 0 aromatic rings. The molecule has 1 aliphatic carbocycles. The molecule has 1 fully saturated rings. The van der Waals surface area contributed by atoms with Crippen LogP contribution in [-0.2, 0) is 4.79 Å². The van der Waals surface area contributed by atoms with Gasteiger partial charge in [-0.1, -0.05) is 0 Å². The Morgan fingerprint density at radius 2 is 2.00 bits per heavy atom. The fourth-order valence-corrected chi connectivity index (χ4v) is 3.69. The van der Waals surface area contributed by atoms with Crippen molar-refractivity contribution in [1.29, 1.82) is 0 Å². The third-order valence-electron chi connectivity index (χ3n) is 3.11. The van der Waals surface area contributed by atoms with Gasteiger partial charge in [-0.3, -0.25) is 0 Å². The number of rotatable bonds is 1. The fourth-order valence-electron chi connectivity index (χ4n) is 2.00. The molecular weight excluding hydrogens is 227 g/mol. The molecule has 13 heavy (non-hydrogen) atoms. The minimum atomic E-state index is 0.393. The Kier molecular flexibility index (Phi) is 3.59. The molecule has 1 aliphatic rings. The van der Waals surface area contributed by atoms with E-state index in [0.29, 0.717) is 31.0 Å². The molecule has 1 saturated carbocycles. The first-order valence-electron chi connectivity index (χ1n) is 5.00. The summed E-state index contributed by atoms with van der Waals surface area (Å²) >= 11 is 0.515. The van der Waals surface area contributed by atoms with E-state index in [4.69, 9.17) is 0 Å². The first-order chi connectivity index (χ1) is 5.95. The van der Waals surface area contributed by atoms with Crippen LogP contribution in [0.25, 0.3) is 0 Å². The Hall–Kier alpha value is 0.189. The van der Waals surface area contributed by atoms with Crippen molar-refractivity contribution < 1.29 is 4.79 Å². The van der Waals surface area contributed by atoms with Gasteiger partial charge in [-0.2, -0.15) is 0 Å². The van der Waals surface area contributed by atoms with Crippen molar-refractivity contribution >= 4 is 20.7 Å². The van der Waals surface area contributed by atoms with Gasteiger partial charge in [0.25, 0.3) is 0 Å². The predicted molar refractivity (Wildman–Crippen MR) is 57.2 cm³/mol. The van der Waals surface area contributed by atoms with Crippen LogP contribution < -0.4 is 0 Å². The van der Waals surface area contributed by atoms with Crippen LogP contribution in [0.15, 0.2) is 0 Å². The van der Waals surface area contributed by atoms with Crippen LogP contribution in [-0.4, -0.2) is 20.7 Å². The summed E-state index contributed by atoms with van der Waals surface area (Å²) in [6.07, 6.45) is 3.11. The number of carbonyl (C=O) groups excluding carboxylic acids is 1. The van der Waals surface area contributed by atoms with Gasteiger partial charge in [-0.15, -0.1) is 0 Å². The SMILES string of the molecule is C[Se]C1CC(C(C)(C)C)CCC1=O. The van der Waals surface area contributed by atoms with Gasteiger partial charge in [0, 0.05) is 0 Å². The van der Waals surface area contributed by atoms with E-state index < -0.39 is 0 Å². The molecule has 0 aliphatic heterocycles. The predicted octanol–water partition coefficient (Wildman–Crippen LogP) is 2.94. The molecule has 76 valence electrons. The van der Waals surface area contributed by atoms with Crippen molar-refractivity contribution in [3.63, 3.8) is 0 Å². The number of hydrogen-bond acceptors (Lipinski definition) is 1. The van der Waals surface area contributed by atoms with Crippen LogP contribution >= 0.6 is 0 Å². The van der Waals surface area contributed by atoms with Crippen molar-refractivity contribution in [2.45, 2.75) is 50.7 Å². The van der Waals surface area contributed by atoms with Gasteiger partial charge >= 0.3 is 87.5 Å². The van der Waals surface area contributed by atoms with Gasteiger partial charge in [-0.25, -0.2) is 0 Å². The van der Waals surface area contributed by atoms with E-state index in [0.717, 1.165) is 25.2 Å². The molecule has 0 heterocycles. The zero-order chi connectivity index (χ0) is 10.1. The van der Waals surface area contributed by atoms with Crippen molar-refractivity contribution in [3.8, 4) is 0 Å². The quantitative estimate of drug-likeness (QED) is 0.651. The monoisotopic (exact) mass is 248 g/mol.